The van der Waals surface area contributed by atoms with Crippen LogP contribution in [0.25, 0.3) is 10.8 Å². The summed E-state index contributed by atoms with van der Waals surface area (Å²) in [7, 11) is 1.37. The first-order valence-electron chi connectivity index (χ1n) is 7.10. The lowest BCUT2D eigenvalue weighted by Gasteiger charge is -2.05. The number of benzene rings is 1. The number of methoxy groups -OCH3 is 1. The molecule has 0 aliphatic heterocycles. The molecule has 23 heavy (non-hydrogen) atoms. The van der Waals surface area contributed by atoms with Crippen LogP contribution in [0.3, 0.4) is 0 Å². The van der Waals surface area contributed by atoms with Gasteiger partial charge in [-0.05, 0) is 42.6 Å². The van der Waals surface area contributed by atoms with Gasteiger partial charge in [0.2, 0.25) is 5.89 Å². The number of hydrogen-bond acceptors (Lipinski definition) is 6. The lowest BCUT2D eigenvalue weighted by Crippen LogP contribution is -2.03. The second-order valence-electron chi connectivity index (χ2n) is 4.92. The molecule has 6 heteroatoms. The summed E-state index contributed by atoms with van der Waals surface area (Å²) in [5.41, 5.74) is 2.29. The van der Waals surface area contributed by atoms with Crippen molar-refractivity contribution in [2.75, 3.05) is 12.4 Å². The fourth-order valence-electron chi connectivity index (χ4n) is 2.13. The van der Waals surface area contributed by atoms with E-state index in [9.17, 15) is 4.79 Å². The maximum atomic E-state index is 11.4. The highest BCUT2D eigenvalue weighted by molar-refractivity contribution is 7.13. The molecule has 0 bridgehead atoms. The van der Waals surface area contributed by atoms with Crippen LogP contribution in [0.1, 0.15) is 21.8 Å². The number of thiophene rings is 1. The van der Waals surface area contributed by atoms with E-state index >= 15 is 0 Å². The Morgan fingerprint density at radius 3 is 2.74 bits per heavy atom. The minimum atomic E-state index is -0.343. The molecular formula is C17H16N2O3S. The molecule has 1 aromatic carbocycles. The molecule has 118 valence electrons. The van der Waals surface area contributed by atoms with E-state index in [0.29, 0.717) is 18.0 Å². The Labute approximate surface area is 137 Å². The Balaban J connectivity index is 1.68. The molecular weight excluding hydrogens is 312 g/mol. The number of aryl methyl sites for hydroxylation is 1. The quantitative estimate of drug-likeness (QED) is 0.714. The zero-order valence-corrected chi connectivity index (χ0v) is 13.6. The molecule has 0 saturated carbocycles. The minimum absolute atomic E-state index is 0.343. The summed E-state index contributed by atoms with van der Waals surface area (Å²) in [6.45, 7) is 2.46. The number of nitrogens with zero attached hydrogens (tertiary/aromatic N) is 1. The van der Waals surface area contributed by atoms with Crippen molar-refractivity contribution in [1.82, 2.24) is 4.98 Å². The van der Waals surface area contributed by atoms with Crippen LogP contribution in [-0.2, 0) is 11.3 Å². The van der Waals surface area contributed by atoms with Gasteiger partial charge in [0, 0.05) is 5.69 Å². The van der Waals surface area contributed by atoms with Gasteiger partial charge < -0.3 is 14.5 Å². The van der Waals surface area contributed by atoms with Crippen LogP contribution in [0.15, 0.2) is 46.2 Å². The van der Waals surface area contributed by atoms with Crippen molar-refractivity contribution >= 4 is 23.0 Å². The van der Waals surface area contributed by atoms with Crippen molar-refractivity contribution in [2.24, 2.45) is 0 Å². The number of nitrogens with one attached hydrogen (secondary N) is 1. The van der Waals surface area contributed by atoms with Crippen molar-refractivity contribution in [3.05, 3.63) is 58.8 Å². The number of ether oxygens (including phenoxy) is 1. The number of esters is 1. The molecule has 0 saturated heterocycles. The first-order chi connectivity index (χ1) is 11.2. The van der Waals surface area contributed by atoms with Gasteiger partial charge in [-0.25, -0.2) is 9.78 Å². The molecule has 0 amide bonds. The van der Waals surface area contributed by atoms with E-state index in [1.54, 1.807) is 23.5 Å². The Bertz CT molecular complexity index is 792. The van der Waals surface area contributed by atoms with Crippen LogP contribution in [0.2, 0.25) is 0 Å². The van der Waals surface area contributed by atoms with E-state index in [1.165, 1.54) is 7.11 Å². The standard InChI is InChI=1S/C17H16N2O3S/c1-11-14(19-16(22-11)15-4-3-9-23-15)10-18-13-7-5-12(6-8-13)17(20)21-2/h3-9,18H,10H2,1-2H3. The number of hydrogen-bond donors (Lipinski definition) is 1. The number of oxazole rings is 1. The van der Waals surface area contributed by atoms with Gasteiger partial charge in [-0.3, -0.25) is 0 Å². The lowest BCUT2D eigenvalue weighted by atomic mass is 10.2. The summed E-state index contributed by atoms with van der Waals surface area (Å²) in [4.78, 5) is 16.9. The Morgan fingerprint density at radius 1 is 1.30 bits per heavy atom. The van der Waals surface area contributed by atoms with Crippen LogP contribution >= 0.6 is 11.3 Å². The lowest BCUT2D eigenvalue weighted by molar-refractivity contribution is 0.0601. The molecule has 0 aliphatic carbocycles. The maximum absolute atomic E-state index is 11.4. The SMILES string of the molecule is COC(=O)c1ccc(NCc2nc(-c3cccs3)oc2C)cc1. The largest absolute Gasteiger partial charge is 0.465 e. The minimum Gasteiger partial charge on any atom is -0.465 e. The zero-order chi connectivity index (χ0) is 16.2. The Kier molecular flexibility index (Phi) is 4.43. The molecule has 0 fully saturated rings. The topological polar surface area (TPSA) is 64.4 Å². The predicted molar refractivity (Wildman–Crippen MR) is 89.7 cm³/mol. The Hall–Kier alpha value is -2.60. The van der Waals surface area contributed by atoms with Gasteiger partial charge in [-0.2, -0.15) is 0 Å². The van der Waals surface area contributed by atoms with Crippen LogP contribution in [0.4, 0.5) is 5.69 Å². The first kappa shape index (κ1) is 15.3. The van der Waals surface area contributed by atoms with Gasteiger partial charge in [-0.15, -0.1) is 11.3 Å². The molecule has 3 rings (SSSR count). The second kappa shape index (κ2) is 6.66. The van der Waals surface area contributed by atoms with Crippen LogP contribution in [0, 0.1) is 6.92 Å². The predicted octanol–water partition coefficient (Wildman–Crippen LogP) is 4.11. The third-order valence-electron chi connectivity index (χ3n) is 3.39. The maximum Gasteiger partial charge on any atom is 0.337 e. The summed E-state index contributed by atoms with van der Waals surface area (Å²) >= 11 is 1.60. The third kappa shape index (κ3) is 3.43. The summed E-state index contributed by atoms with van der Waals surface area (Å²) in [5, 5.41) is 5.27. The summed E-state index contributed by atoms with van der Waals surface area (Å²) < 4.78 is 10.4. The molecule has 0 atom stereocenters. The molecule has 2 aromatic heterocycles. The number of carbonyl (C=O) groups excluding carboxylic acids is 1. The fraction of sp³-hybridized carbons (Fsp3) is 0.176. The number of carbonyl (C=O) groups is 1. The van der Waals surface area contributed by atoms with E-state index in [4.69, 9.17) is 4.42 Å². The van der Waals surface area contributed by atoms with E-state index in [2.05, 4.69) is 15.0 Å². The van der Waals surface area contributed by atoms with Gasteiger partial charge in [0.15, 0.2) is 0 Å². The zero-order valence-electron chi connectivity index (χ0n) is 12.8. The van der Waals surface area contributed by atoms with Crippen molar-refractivity contribution in [3.8, 4) is 10.8 Å². The highest BCUT2D eigenvalue weighted by atomic mass is 32.1. The monoisotopic (exact) mass is 328 g/mol. The molecule has 0 aliphatic rings. The van der Waals surface area contributed by atoms with Crippen LogP contribution < -0.4 is 5.32 Å². The Morgan fingerprint density at radius 2 is 2.09 bits per heavy atom. The van der Waals surface area contributed by atoms with Gasteiger partial charge >= 0.3 is 5.97 Å². The average Bonchev–Trinajstić information content (AvgIpc) is 3.22. The molecule has 3 aromatic rings. The molecule has 2 heterocycles. The van der Waals surface area contributed by atoms with E-state index in [0.717, 1.165) is 22.0 Å². The molecule has 1 N–H and O–H groups in total. The summed E-state index contributed by atoms with van der Waals surface area (Å²) in [6, 6.07) is 11.1. The fourth-order valence-corrected chi connectivity index (χ4v) is 2.77. The second-order valence-corrected chi connectivity index (χ2v) is 5.87. The van der Waals surface area contributed by atoms with Crippen molar-refractivity contribution in [3.63, 3.8) is 0 Å². The van der Waals surface area contributed by atoms with Crippen molar-refractivity contribution < 1.29 is 13.9 Å². The normalized spacial score (nSPS) is 10.5. The van der Waals surface area contributed by atoms with E-state index in [-0.39, 0.29) is 5.97 Å². The van der Waals surface area contributed by atoms with Crippen molar-refractivity contribution in [1.29, 1.82) is 0 Å². The van der Waals surface area contributed by atoms with Crippen LogP contribution in [0.5, 0.6) is 0 Å². The van der Waals surface area contributed by atoms with E-state index < -0.39 is 0 Å². The van der Waals surface area contributed by atoms with E-state index in [1.807, 2.05) is 36.6 Å². The summed E-state index contributed by atoms with van der Waals surface area (Å²) in [6.07, 6.45) is 0. The highest BCUT2D eigenvalue weighted by Gasteiger charge is 2.12. The third-order valence-corrected chi connectivity index (χ3v) is 4.25. The van der Waals surface area contributed by atoms with Gasteiger partial charge in [0.05, 0.1) is 24.1 Å². The number of rotatable bonds is 5. The molecule has 0 unspecified atom stereocenters. The molecule has 0 spiro atoms. The number of aromatic nitrogens is 1. The average molecular weight is 328 g/mol. The summed E-state index contributed by atoms with van der Waals surface area (Å²) in [5.74, 6) is 1.10. The van der Waals surface area contributed by atoms with Gasteiger partial charge in [-0.1, -0.05) is 6.07 Å². The highest BCUT2D eigenvalue weighted by Crippen LogP contribution is 2.26. The van der Waals surface area contributed by atoms with Gasteiger partial charge in [0.1, 0.15) is 11.5 Å². The molecule has 0 radical (unpaired) electrons. The van der Waals surface area contributed by atoms with Crippen molar-refractivity contribution in [2.45, 2.75) is 13.5 Å². The smallest absolute Gasteiger partial charge is 0.337 e. The van der Waals surface area contributed by atoms with Crippen LogP contribution in [-0.4, -0.2) is 18.1 Å². The number of anilines is 1. The first-order valence-corrected chi connectivity index (χ1v) is 7.98. The van der Waals surface area contributed by atoms with Gasteiger partial charge in [0.25, 0.3) is 0 Å². The molecule has 5 nitrogen and oxygen atoms in total.